The monoisotopic (exact) mass is 918 g/mol. The van der Waals surface area contributed by atoms with Crippen LogP contribution >= 0.6 is 23.2 Å². The number of phenols is 1. The van der Waals surface area contributed by atoms with Crippen LogP contribution in [0.1, 0.15) is 198 Å². The molecule has 0 aliphatic heterocycles. The summed E-state index contributed by atoms with van der Waals surface area (Å²) < 4.78 is 11.5. The van der Waals surface area contributed by atoms with E-state index in [1.165, 1.54) is 93.9 Å². The number of carbonyl (C=O) groups is 3. The molecule has 7 nitrogen and oxygen atoms in total. The summed E-state index contributed by atoms with van der Waals surface area (Å²) in [4.78, 5) is 35.8. The fraction of sp³-hybridized carbons (Fsp3) is 0.582. The molecule has 3 aliphatic carbocycles. The van der Waals surface area contributed by atoms with Crippen molar-refractivity contribution in [2.45, 2.75) is 188 Å². The Hall–Kier alpha value is -3.81. The van der Waals surface area contributed by atoms with Crippen molar-refractivity contribution in [2.75, 3.05) is 0 Å². The van der Waals surface area contributed by atoms with Gasteiger partial charge in [0.15, 0.2) is 5.75 Å². The van der Waals surface area contributed by atoms with E-state index in [0.29, 0.717) is 47.0 Å². The number of aryl methyl sites for hydroxylation is 1. The van der Waals surface area contributed by atoms with Crippen molar-refractivity contribution in [1.82, 2.24) is 0 Å². The predicted molar refractivity (Wildman–Crippen MR) is 263 cm³/mol. The Morgan fingerprint density at radius 1 is 0.812 bits per heavy atom. The summed E-state index contributed by atoms with van der Waals surface area (Å²) in [7, 11) is 0. The Kier molecular flexibility index (Phi) is 22.3. The van der Waals surface area contributed by atoms with E-state index in [1.807, 2.05) is 33.8 Å². The molecule has 2 N–H and O–H groups in total. The lowest BCUT2D eigenvalue weighted by atomic mass is 9.55. The smallest absolute Gasteiger partial charge is 0.311 e. The lowest BCUT2D eigenvalue weighted by molar-refractivity contribution is -0.136. The van der Waals surface area contributed by atoms with Crippen LogP contribution in [0.4, 0.5) is 0 Å². The molecule has 0 heterocycles. The Bertz CT molecular complexity index is 1970. The Morgan fingerprint density at radius 3 is 2.08 bits per heavy atom. The van der Waals surface area contributed by atoms with Crippen LogP contribution in [0.3, 0.4) is 0 Å². The number of hydrogen-bond acceptors (Lipinski definition) is 6. The van der Waals surface area contributed by atoms with Crippen LogP contribution in [0.5, 0.6) is 23.0 Å². The molecule has 3 aromatic rings. The molecule has 3 aromatic carbocycles. The Labute approximate surface area is 394 Å². The number of benzene rings is 3. The van der Waals surface area contributed by atoms with Crippen molar-refractivity contribution in [3.63, 3.8) is 0 Å². The third kappa shape index (κ3) is 15.4. The second kappa shape index (κ2) is 27.0. The summed E-state index contributed by atoms with van der Waals surface area (Å²) in [5.41, 5.74) is 3.98. The molecule has 0 radical (unpaired) electrons. The molecule has 4 atom stereocenters. The molecule has 0 unspecified atom stereocenters. The van der Waals surface area contributed by atoms with Gasteiger partial charge in [-0.1, -0.05) is 134 Å². The first-order valence-corrected chi connectivity index (χ1v) is 25.3. The number of aromatic hydroxyl groups is 1. The van der Waals surface area contributed by atoms with Gasteiger partial charge in [0.2, 0.25) is 0 Å². The van der Waals surface area contributed by atoms with Crippen molar-refractivity contribution in [3.8, 4) is 23.0 Å². The average molecular weight is 920 g/mol. The number of carbonyl (C=O) groups excluding carboxylic acids is 2. The number of allylic oxidation sites excluding steroid dienone is 2. The van der Waals surface area contributed by atoms with Gasteiger partial charge in [-0.3, -0.25) is 14.4 Å². The van der Waals surface area contributed by atoms with Gasteiger partial charge in [0.25, 0.3) is 0 Å². The van der Waals surface area contributed by atoms with E-state index < -0.39 is 5.97 Å². The molecule has 0 spiro atoms. The van der Waals surface area contributed by atoms with E-state index in [1.54, 1.807) is 18.2 Å². The molecule has 6 rings (SSSR count). The number of ketones is 1. The number of fused-ring (bicyclic) bond motifs is 5. The minimum atomic E-state index is -0.967. The van der Waals surface area contributed by atoms with Crippen LogP contribution in [0.2, 0.25) is 10.0 Å². The van der Waals surface area contributed by atoms with Crippen molar-refractivity contribution in [3.05, 3.63) is 93.0 Å². The summed E-state index contributed by atoms with van der Waals surface area (Å²) in [6, 6.07) is 14.3. The third-order valence-corrected chi connectivity index (χ3v) is 14.1. The van der Waals surface area contributed by atoms with Crippen LogP contribution in [-0.2, 0) is 27.2 Å². The largest absolute Gasteiger partial charge is 0.508 e. The van der Waals surface area contributed by atoms with E-state index in [9.17, 15) is 19.5 Å². The fourth-order valence-electron chi connectivity index (χ4n) is 10.1. The van der Waals surface area contributed by atoms with Gasteiger partial charge in [0.05, 0.1) is 16.5 Å². The zero-order valence-electron chi connectivity index (χ0n) is 39.6. The molecular weight excluding hydrogens is 844 g/mol. The molecule has 64 heavy (non-hydrogen) atoms. The number of carboxylic acids is 1. The molecule has 9 heteroatoms. The second-order valence-corrected chi connectivity index (χ2v) is 19.3. The van der Waals surface area contributed by atoms with Crippen LogP contribution in [-0.4, -0.2) is 27.9 Å². The van der Waals surface area contributed by atoms with Gasteiger partial charge in [-0.15, -0.1) is 0 Å². The minimum Gasteiger partial charge on any atom is -0.508 e. The first-order valence-electron chi connectivity index (χ1n) is 24.5. The molecule has 2 saturated carbocycles. The van der Waals surface area contributed by atoms with E-state index >= 15 is 0 Å². The topological polar surface area (TPSA) is 110 Å². The lowest BCUT2D eigenvalue weighted by Crippen LogP contribution is -2.42. The highest BCUT2D eigenvalue weighted by Gasteiger charge is 2.54. The highest BCUT2D eigenvalue weighted by Crippen LogP contribution is 2.59. The number of halogens is 2. The maximum atomic E-state index is 12.6. The zero-order chi connectivity index (χ0) is 46.6. The number of unbranched alkanes of at least 4 members (excludes halogenated alkanes) is 11. The molecule has 0 bridgehead atoms. The van der Waals surface area contributed by atoms with Crippen molar-refractivity contribution >= 4 is 40.9 Å². The van der Waals surface area contributed by atoms with Crippen LogP contribution in [0, 0.1) is 17.3 Å². The SMILES string of the molecule is CC.CC(C)c1cc(Oc2c(Cl)cc(CC(=O)O)cc2Cl)ccc1O.CCCCCCCC/C=C\CCCCCCCC(=O)Oc1ccc2c(c1)CC[C@@H]1[C@@H]2CC[C@]2(C)C(=O)CC[C@@H]12. The standard InChI is InChI=1S/C36H54O3.C17H16Cl2O4.C2H6/c1-3-4-5-6-7-8-9-10-11-12-13-14-15-16-17-18-35(38)39-29-20-22-30-28(27-29)19-21-32-31(30)25-26-36(2)33(32)23-24-34(36)37;1-9(2)12-8-11(3-4-15(12)20)23-17-13(18)5-10(6-14(17)19)7-16(21)22;1-2/h10-11,20,22,27,31-33H,3-9,12-19,21,23-26H2,1-2H3;3-6,8-9,20H,7H2,1-2H3,(H,21,22);1-2H3/b11-10-;;/t31-,32-,33+,36+;;/m1../s1. The second-order valence-electron chi connectivity index (χ2n) is 18.4. The van der Waals surface area contributed by atoms with Crippen molar-refractivity contribution in [2.24, 2.45) is 17.3 Å². The Balaban J connectivity index is 0.000000306. The number of hydrogen-bond donors (Lipinski definition) is 2. The number of ether oxygens (including phenoxy) is 2. The normalized spacial score (nSPS) is 19.8. The summed E-state index contributed by atoms with van der Waals surface area (Å²) in [5.74, 6) is 2.97. The molecule has 2 fully saturated rings. The highest BCUT2D eigenvalue weighted by molar-refractivity contribution is 6.37. The van der Waals surface area contributed by atoms with E-state index in [-0.39, 0.29) is 45.3 Å². The molecule has 3 aliphatic rings. The maximum absolute atomic E-state index is 12.6. The maximum Gasteiger partial charge on any atom is 0.311 e. The number of esters is 1. The van der Waals surface area contributed by atoms with Crippen molar-refractivity contribution in [1.29, 1.82) is 0 Å². The summed E-state index contributed by atoms with van der Waals surface area (Å²) in [6.45, 7) is 12.4. The minimum absolute atomic E-state index is 0.0713. The van der Waals surface area contributed by atoms with Gasteiger partial charge in [-0.25, -0.2) is 0 Å². The van der Waals surface area contributed by atoms with Crippen LogP contribution in [0.25, 0.3) is 0 Å². The van der Waals surface area contributed by atoms with E-state index in [2.05, 4.69) is 38.1 Å². The summed E-state index contributed by atoms with van der Waals surface area (Å²) >= 11 is 12.3. The van der Waals surface area contributed by atoms with Gasteiger partial charge >= 0.3 is 11.9 Å². The quantitative estimate of drug-likeness (QED) is 0.0474. The molecule has 0 aromatic heterocycles. The number of aliphatic carboxylic acids is 1. The average Bonchev–Trinajstić information content (AvgIpc) is 3.57. The molecular formula is C55H76Cl2O7. The molecule has 352 valence electrons. The van der Waals surface area contributed by atoms with Crippen molar-refractivity contribution < 1.29 is 34.1 Å². The number of rotatable bonds is 21. The first kappa shape index (κ1) is 52.8. The number of Topliss-reactive ketones (excluding diaryl/α,β-unsaturated/α-hetero) is 1. The van der Waals surface area contributed by atoms with Gasteiger partial charge in [0.1, 0.15) is 23.0 Å². The fourth-order valence-corrected chi connectivity index (χ4v) is 10.7. The van der Waals surface area contributed by atoms with Gasteiger partial charge in [-0.2, -0.15) is 0 Å². The first-order chi connectivity index (χ1) is 30.8. The van der Waals surface area contributed by atoms with Gasteiger partial charge in [0, 0.05) is 23.8 Å². The van der Waals surface area contributed by atoms with Crippen LogP contribution in [0.15, 0.2) is 60.7 Å². The summed E-state index contributed by atoms with van der Waals surface area (Å²) in [6.07, 6.45) is 27.7. The van der Waals surface area contributed by atoms with Gasteiger partial charge < -0.3 is 19.7 Å². The number of carboxylic acid groups (broad SMARTS) is 1. The lowest BCUT2D eigenvalue weighted by Gasteiger charge is -2.48. The van der Waals surface area contributed by atoms with E-state index in [4.69, 9.17) is 37.8 Å². The van der Waals surface area contributed by atoms with Gasteiger partial charge in [-0.05, 0) is 147 Å². The van der Waals surface area contributed by atoms with Crippen LogP contribution < -0.4 is 9.47 Å². The number of phenolic OH excluding ortho intramolecular Hbond substituents is 1. The Morgan fingerprint density at radius 2 is 1.44 bits per heavy atom. The highest BCUT2D eigenvalue weighted by atomic mass is 35.5. The molecule has 0 amide bonds. The van der Waals surface area contributed by atoms with E-state index in [0.717, 1.165) is 56.9 Å². The molecule has 0 saturated heterocycles. The third-order valence-electron chi connectivity index (χ3n) is 13.5. The summed E-state index contributed by atoms with van der Waals surface area (Å²) in [5, 5.41) is 19.1. The predicted octanol–water partition coefficient (Wildman–Crippen LogP) is 16.3. The zero-order valence-corrected chi connectivity index (χ0v) is 41.1.